The molecule has 0 saturated carbocycles. The van der Waals surface area contributed by atoms with Crippen molar-refractivity contribution in [1.82, 2.24) is 0 Å². The van der Waals surface area contributed by atoms with Gasteiger partial charge in [-0.25, -0.2) is 0 Å². The SMILES string of the molecule is CCCCCCOC(=O)C(CC(C)C)C(=O)c1c(OC)cccc1OC.O=[PH3]. The summed E-state index contributed by atoms with van der Waals surface area (Å²) in [7, 11) is 3.60. The van der Waals surface area contributed by atoms with Crippen LogP contribution in [-0.2, 0) is 14.1 Å². The Morgan fingerprint density at radius 3 is 2.04 bits per heavy atom. The van der Waals surface area contributed by atoms with Crippen LogP contribution in [0.25, 0.3) is 0 Å². The maximum atomic E-state index is 13.2. The second-order valence-corrected chi connectivity index (χ2v) is 6.81. The molecule has 0 heterocycles. The third kappa shape index (κ3) is 8.47. The topological polar surface area (TPSA) is 78.9 Å². The lowest BCUT2D eigenvalue weighted by molar-refractivity contribution is -0.147. The van der Waals surface area contributed by atoms with Gasteiger partial charge in [-0.3, -0.25) is 9.59 Å². The van der Waals surface area contributed by atoms with Crippen molar-refractivity contribution in [2.24, 2.45) is 11.8 Å². The molecule has 28 heavy (non-hydrogen) atoms. The predicted molar refractivity (Wildman–Crippen MR) is 114 cm³/mol. The van der Waals surface area contributed by atoms with Gasteiger partial charge in [0.05, 0.1) is 29.9 Å². The molecule has 2 atom stereocenters. The summed E-state index contributed by atoms with van der Waals surface area (Å²) in [6, 6.07) is 5.13. The number of hydrogen-bond acceptors (Lipinski definition) is 6. The minimum absolute atomic E-state index is 0.178. The first-order chi connectivity index (χ1) is 13.5. The van der Waals surface area contributed by atoms with Gasteiger partial charge in [0.25, 0.3) is 0 Å². The standard InChI is InChI=1S/C21H32O5.H3OP/c1-6-7-8-9-13-26-21(23)16(14-15(2)3)20(22)19-17(24-4)11-10-12-18(19)25-5;1-2/h10-12,15-16H,6-9,13-14H2,1-5H3;2H3. The minimum atomic E-state index is -0.855. The Morgan fingerprint density at radius 2 is 1.57 bits per heavy atom. The first-order valence-electron chi connectivity index (χ1n) is 9.66. The van der Waals surface area contributed by atoms with Crippen LogP contribution in [0.1, 0.15) is 63.2 Å². The molecule has 0 N–H and O–H groups in total. The van der Waals surface area contributed by atoms with E-state index in [1.54, 1.807) is 18.2 Å². The number of rotatable bonds is 12. The number of hydrogen-bond donors (Lipinski definition) is 0. The smallest absolute Gasteiger partial charge is 0.316 e. The van der Waals surface area contributed by atoms with Crippen molar-refractivity contribution in [3.8, 4) is 11.5 Å². The highest BCUT2D eigenvalue weighted by Crippen LogP contribution is 2.32. The summed E-state index contributed by atoms with van der Waals surface area (Å²) in [5.74, 6) is -0.652. The number of ketones is 1. The summed E-state index contributed by atoms with van der Waals surface area (Å²) in [6.45, 7) is 6.44. The normalized spacial score (nSPS) is 11.4. The quantitative estimate of drug-likeness (QED) is 0.163. The van der Waals surface area contributed by atoms with Crippen LogP contribution in [0.4, 0.5) is 0 Å². The van der Waals surface area contributed by atoms with Crippen LogP contribution < -0.4 is 9.47 Å². The number of unbranched alkanes of at least 4 members (excludes halogenated alkanes) is 3. The van der Waals surface area contributed by atoms with E-state index >= 15 is 0 Å². The van der Waals surface area contributed by atoms with E-state index in [2.05, 4.69) is 6.92 Å². The molecule has 0 aliphatic rings. The highest BCUT2D eigenvalue weighted by molar-refractivity contribution is 7.00. The van der Waals surface area contributed by atoms with Gasteiger partial charge in [-0.1, -0.05) is 46.1 Å². The molecule has 0 aromatic heterocycles. The van der Waals surface area contributed by atoms with Crippen molar-refractivity contribution in [3.05, 3.63) is 23.8 Å². The van der Waals surface area contributed by atoms with Crippen molar-refractivity contribution >= 4 is 20.9 Å². The van der Waals surface area contributed by atoms with Gasteiger partial charge in [0.15, 0.2) is 5.78 Å². The molecule has 160 valence electrons. The fourth-order valence-corrected chi connectivity index (χ4v) is 2.85. The van der Waals surface area contributed by atoms with Gasteiger partial charge in [-0.2, -0.15) is 0 Å². The number of carbonyl (C=O) groups is 2. The molecule has 0 saturated heterocycles. The molecule has 6 nitrogen and oxygen atoms in total. The first-order valence-corrected chi connectivity index (χ1v) is 10.2. The van der Waals surface area contributed by atoms with Crippen molar-refractivity contribution in [2.75, 3.05) is 20.8 Å². The molecule has 7 heteroatoms. The molecule has 0 aliphatic carbocycles. The lowest BCUT2D eigenvalue weighted by atomic mass is 9.89. The molecule has 2 unspecified atom stereocenters. The Hall–Kier alpha value is -1.81. The molecule has 0 spiro atoms. The van der Waals surface area contributed by atoms with E-state index in [1.165, 1.54) is 14.2 Å². The zero-order chi connectivity index (χ0) is 21.5. The van der Waals surface area contributed by atoms with Crippen LogP contribution in [-0.4, -0.2) is 32.6 Å². The maximum absolute atomic E-state index is 13.2. The van der Waals surface area contributed by atoms with Crippen LogP contribution in [0, 0.1) is 11.8 Å². The average Bonchev–Trinajstić information content (AvgIpc) is 2.71. The molecule has 0 radical (unpaired) electrons. The molecule has 1 aromatic carbocycles. The number of ether oxygens (including phenoxy) is 3. The van der Waals surface area contributed by atoms with E-state index < -0.39 is 11.9 Å². The monoisotopic (exact) mass is 414 g/mol. The Kier molecular flexibility index (Phi) is 14.2. The molecular weight excluding hydrogens is 379 g/mol. The highest BCUT2D eigenvalue weighted by atomic mass is 31.0. The Bertz CT molecular complexity index is 580. The van der Waals surface area contributed by atoms with E-state index in [-0.39, 0.29) is 11.7 Å². The van der Waals surface area contributed by atoms with Gasteiger partial charge in [0, 0.05) is 0 Å². The molecule has 0 bridgehead atoms. The van der Waals surface area contributed by atoms with Crippen molar-refractivity contribution in [2.45, 2.75) is 52.9 Å². The van der Waals surface area contributed by atoms with Gasteiger partial charge in [0.2, 0.25) is 0 Å². The summed E-state index contributed by atoms with van der Waals surface area (Å²) in [5.41, 5.74) is 0.297. The van der Waals surface area contributed by atoms with Gasteiger partial charge >= 0.3 is 5.97 Å². The summed E-state index contributed by atoms with van der Waals surface area (Å²) in [5, 5.41) is 0. The number of esters is 1. The number of methoxy groups -OCH3 is 2. The summed E-state index contributed by atoms with van der Waals surface area (Å²) in [6.07, 6.45) is 4.50. The zero-order valence-electron chi connectivity index (χ0n) is 17.8. The number of benzene rings is 1. The molecule has 1 rings (SSSR count). The van der Waals surface area contributed by atoms with Crippen LogP contribution in [0.2, 0.25) is 0 Å². The Balaban J connectivity index is 0.00000352. The molecule has 0 aliphatic heterocycles. The van der Waals surface area contributed by atoms with Crippen molar-refractivity contribution in [3.63, 3.8) is 0 Å². The van der Waals surface area contributed by atoms with E-state index in [9.17, 15) is 9.59 Å². The molecule has 1 aromatic rings. The van der Waals surface area contributed by atoms with E-state index in [0.29, 0.717) is 39.2 Å². The molecular formula is C21H35O6P. The third-order valence-corrected chi connectivity index (χ3v) is 4.22. The van der Waals surface area contributed by atoms with E-state index in [4.69, 9.17) is 18.8 Å². The van der Waals surface area contributed by atoms with Gasteiger partial charge in [-0.05, 0) is 30.9 Å². The minimum Gasteiger partial charge on any atom is -0.496 e. The lowest BCUT2D eigenvalue weighted by Gasteiger charge is -2.19. The predicted octanol–water partition coefficient (Wildman–Crippen LogP) is 4.61. The fraction of sp³-hybridized carbons (Fsp3) is 0.619. The lowest BCUT2D eigenvalue weighted by Crippen LogP contribution is -2.28. The van der Waals surface area contributed by atoms with E-state index in [1.807, 2.05) is 13.8 Å². The van der Waals surface area contributed by atoms with Crippen LogP contribution in [0.3, 0.4) is 0 Å². The second-order valence-electron chi connectivity index (χ2n) is 6.81. The van der Waals surface area contributed by atoms with Gasteiger partial charge < -0.3 is 18.8 Å². The fourth-order valence-electron chi connectivity index (χ4n) is 2.85. The summed E-state index contributed by atoms with van der Waals surface area (Å²) >= 11 is 0. The Morgan fingerprint density at radius 1 is 1.00 bits per heavy atom. The maximum Gasteiger partial charge on any atom is 0.316 e. The zero-order valence-corrected chi connectivity index (χ0v) is 19.2. The van der Waals surface area contributed by atoms with Gasteiger partial charge in [-0.15, -0.1) is 0 Å². The van der Waals surface area contributed by atoms with Gasteiger partial charge in [0.1, 0.15) is 23.0 Å². The number of carbonyl (C=O) groups excluding carboxylic acids is 2. The third-order valence-electron chi connectivity index (χ3n) is 4.22. The average molecular weight is 414 g/mol. The molecule has 0 amide bonds. The Labute approximate surface area is 170 Å². The number of Topliss-reactive ketones (excluding diaryl/α,β-unsaturated/α-hetero) is 1. The molecule has 0 fully saturated rings. The van der Waals surface area contributed by atoms with Crippen LogP contribution in [0.5, 0.6) is 11.5 Å². The van der Waals surface area contributed by atoms with Crippen LogP contribution >= 0.6 is 9.12 Å². The van der Waals surface area contributed by atoms with E-state index in [0.717, 1.165) is 25.7 Å². The van der Waals surface area contributed by atoms with Crippen molar-refractivity contribution in [1.29, 1.82) is 0 Å². The highest BCUT2D eigenvalue weighted by Gasteiger charge is 2.33. The summed E-state index contributed by atoms with van der Waals surface area (Å²) in [4.78, 5) is 25.8. The second kappa shape index (κ2) is 15.2. The largest absolute Gasteiger partial charge is 0.496 e. The van der Waals surface area contributed by atoms with Crippen LogP contribution in [0.15, 0.2) is 18.2 Å². The first kappa shape index (κ1) is 26.2. The van der Waals surface area contributed by atoms with Crippen molar-refractivity contribution < 1.29 is 28.4 Å². The summed E-state index contributed by atoms with van der Waals surface area (Å²) < 4.78 is 24.3.